The summed E-state index contributed by atoms with van der Waals surface area (Å²) in [5.41, 5.74) is 1.19. The van der Waals surface area contributed by atoms with Gasteiger partial charge in [-0.2, -0.15) is 0 Å². The fourth-order valence-corrected chi connectivity index (χ4v) is 2.51. The first-order valence-corrected chi connectivity index (χ1v) is 7.24. The predicted octanol–water partition coefficient (Wildman–Crippen LogP) is 2.92. The summed E-state index contributed by atoms with van der Waals surface area (Å²) in [6, 6.07) is 7.31. The van der Waals surface area contributed by atoms with Gasteiger partial charge in [-0.1, -0.05) is 17.7 Å². The molecule has 1 fully saturated rings. The summed E-state index contributed by atoms with van der Waals surface area (Å²) < 4.78 is 5.15. The molecule has 3 nitrogen and oxygen atoms in total. The number of nitrogens with zero attached hydrogens (tertiary/aromatic N) is 1. The van der Waals surface area contributed by atoms with Crippen LogP contribution >= 0.6 is 11.6 Å². The summed E-state index contributed by atoms with van der Waals surface area (Å²) in [6.07, 6.45) is 2.71. The molecular weight excluding hydrogens is 260 g/mol. The maximum atomic E-state index is 6.11. The zero-order valence-electron chi connectivity index (χ0n) is 11.9. The molecule has 1 aliphatic carbocycles. The molecule has 0 spiro atoms. The molecular formula is C15H23ClN2O. The van der Waals surface area contributed by atoms with Crippen LogP contribution < -0.4 is 10.1 Å². The lowest BCUT2D eigenvalue weighted by molar-refractivity contribution is 0.241. The van der Waals surface area contributed by atoms with Crippen LogP contribution in [0.3, 0.4) is 0 Å². The van der Waals surface area contributed by atoms with Gasteiger partial charge in [0.1, 0.15) is 5.75 Å². The van der Waals surface area contributed by atoms with Gasteiger partial charge in [0.25, 0.3) is 0 Å². The van der Waals surface area contributed by atoms with Gasteiger partial charge in [-0.05, 0) is 44.5 Å². The number of ether oxygens (including phenoxy) is 1. The molecule has 0 heterocycles. The van der Waals surface area contributed by atoms with Crippen molar-refractivity contribution in [3.05, 3.63) is 28.8 Å². The Kier molecular flexibility index (Phi) is 5.08. The standard InChI is InChI=1S/C15H23ClN2O/c1-11(18(2)13-5-6-13)9-17-10-12-4-7-15(19-3)14(16)8-12/h4,7-8,11,13,17H,5-6,9-10H2,1-3H3. The van der Waals surface area contributed by atoms with Crippen molar-refractivity contribution in [3.63, 3.8) is 0 Å². The molecule has 1 aliphatic rings. The fraction of sp³-hybridized carbons (Fsp3) is 0.600. The monoisotopic (exact) mass is 282 g/mol. The molecule has 1 unspecified atom stereocenters. The molecule has 106 valence electrons. The van der Waals surface area contributed by atoms with Gasteiger partial charge in [-0.15, -0.1) is 0 Å². The highest BCUT2D eigenvalue weighted by Crippen LogP contribution is 2.27. The van der Waals surface area contributed by atoms with Crippen LogP contribution in [0.2, 0.25) is 5.02 Å². The van der Waals surface area contributed by atoms with Crippen LogP contribution in [0.1, 0.15) is 25.3 Å². The van der Waals surface area contributed by atoms with Crippen molar-refractivity contribution >= 4 is 11.6 Å². The number of halogens is 1. The fourth-order valence-electron chi connectivity index (χ4n) is 2.23. The highest BCUT2D eigenvalue weighted by Gasteiger charge is 2.28. The summed E-state index contributed by atoms with van der Waals surface area (Å²) in [6.45, 7) is 4.11. The minimum Gasteiger partial charge on any atom is -0.495 e. The van der Waals surface area contributed by atoms with Crippen LogP contribution in [0.5, 0.6) is 5.75 Å². The summed E-state index contributed by atoms with van der Waals surface area (Å²) in [5.74, 6) is 0.729. The number of rotatable bonds is 7. The largest absolute Gasteiger partial charge is 0.495 e. The number of hydrogen-bond acceptors (Lipinski definition) is 3. The van der Waals surface area contributed by atoms with E-state index in [1.807, 2.05) is 18.2 Å². The molecule has 1 saturated carbocycles. The molecule has 19 heavy (non-hydrogen) atoms. The van der Waals surface area contributed by atoms with E-state index in [0.717, 1.165) is 24.9 Å². The predicted molar refractivity (Wildman–Crippen MR) is 80.0 cm³/mol. The molecule has 0 bridgehead atoms. The van der Waals surface area contributed by atoms with Crippen LogP contribution in [-0.4, -0.2) is 37.7 Å². The summed E-state index contributed by atoms with van der Waals surface area (Å²) in [5, 5.41) is 4.16. The van der Waals surface area contributed by atoms with Crippen molar-refractivity contribution in [2.24, 2.45) is 0 Å². The second-order valence-corrected chi connectivity index (χ2v) is 5.75. The third kappa shape index (κ3) is 4.10. The van der Waals surface area contributed by atoms with Crippen molar-refractivity contribution in [2.75, 3.05) is 20.7 Å². The molecule has 2 rings (SSSR count). The quantitative estimate of drug-likeness (QED) is 0.832. The Bertz CT molecular complexity index is 421. The highest BCUT2D eigenvalue weighted by molar-refractivity contribution is 6.32. The smallest absolute Gasteiger partial charge is 0.137 e. The van der Waals surface area contributed by atoms with Gasteiger partial charge in [0.15, 0.2) is 0 Å². The number of nitrogens with one attached hydrogen (secondary N) is 1. The zero-order chi connectivity index (χ0) is 13.8. The molecule has 1 atom stereocenters. The second kappa shape index (κ2) is 6.60. The van der Waals surface area contributed by atoms with Crippen LogP contribution in [0.4, 0.5) is 0 Å². The summed E-state index contributed by atoms with van der Waals surface area (Å²) in [7, 11) is 3.85. The molecule has 0 saturated heterocycles. The lowest BCUT2D eigenvalue weighted by Gasteiger charge is -2.24. The number of methoxy groups -OCH3 is 1. The average Bonchev–Trinajstić information content (AvgIpc) is 3.22. The molecule has 0 aliphatic heterocycles. The van der Waals surface area contributed by atoms with E-state index in [-0.39, 0.29) is 0 Å². The zero-order valence-corrected chi connectivity index (χ0v) is 12.7. The number of likely N-dealkylation sites (N-methyl/N-ethyl adjacent to an activating group) is 1. The Morgan fingerprint density at radius 3 is 2.79 bits per heavy atom. The molecule has 4 heteroatoms. The molecule has 1 N–H and O–H groups in total. The van der Waals surface area contributed by atoms with Crippen LogP contribution in [-0.2, 0) is 6.54 Å². The third-order valence-corrected chi connectivity index (χ3v) is 4.10. The first-order valence-electron chi connectivity index (χ1n) is 6.87. The lowest BCUT2D eigenvalue weighted by Crippen LogP contribution is -2.38. The topological polar surface area (TPSA) is 24.5 Å². The van der Waals surface area contributed by atoms with Crippen LogP contribution in [0.15, 0.2) is 18.2 Å². The van der Waals surface area contributed by atoms with Crippen LogP contribution in [0.25, 0.3) is 0 Å². The summed E-state index contributed by atoms with van der Waals surface area (Å²) >= 11 is 6.11. The molecule has 1 aromatic rings. The SMILES string of the molecule is COc1ccc(CNCC(C)N(C)C2CC2)cc1Cl. The Morgan fingerprint density at radius 2 is 2.21 bits per heavy atom. The van der Waals surface area contributed by atoms with Crippen molar-refractivity contribution in [3.8, 4) is 5.75 Å². The van der Waals surface area contributed by atoms with E-state index in [2.05, 4.69) is 24.2 Å². The Morgan fingerprint density at radius 1 is 1.47 bits per heavy atom. The maximum absolute atomic E-state index is 6.11. The number of hydrogen-bond donors (Lipinski definition) is 1. The Balaban J connectivity index is 1.77. The van der Waals surface area contributed by atoms with Gasteiger partial charge in [0, 0.05) is 25.2 Å². The first kappa shape index (κ1) is 14.6. The maximum Gasteiger partial charge on any atom is 0.137 e. The van der Waals surface area contributed by atoms with Crippen LogP contribution in [0, 0.1) is 0 Å². The van der Waals surface area contributed by atoms with Crippen molar-refractivity contribution in [1.82, 2.24) is 10.2 Å². The Labute approximate surface area is 120 Å². The van der Waals surface area contributed by atoms with Crippen molar-refractivity contribution < 1.29 is 4.74 Å². The molecule has 0 aromatic heterocycles. The van der Waals surface area contributed by atoms with E-state index < -0.39 is 0 Å². The average molecular weight is 283 g/mol. The van der Waals surface area contributed by atoms with E-state index in [1.165, 1.54) is 18.4 Å². The van der Waals surface area contributed by atoms with Crippen molar-refractivity contribution in [1.29, 1.82) is 0 Å². The van der Waals surface area contributed by atoms with Gasteiger partial charge in [0.2, 0.25) is 0 Å². The van der Waals surface area contributed by atoms with E-state index >= 15 is 0 Å². The van der Waals surface area contributed by atoms with Gasteiger partial charge in [-0.3, -0.25) is 4.90 Å². The van der Waals surface area contributed by atoms with E-state index in [0.29, 0.717) is 11.1 Å². The highest BCUT2D eigenvalue weighted by atomic mass is 35.5. The molecule has 1 aromatic carbocycles. The van der Waals surface area contributed by atoms with Gasteiger partial charge >= 0.3 is 0 Å². The third-order valence-electron chi connectivity index (χ3n) is 3.80. The molecule has 0 radical (unpaired) electrons. The lowest BCUT2D eigenvalue weighted by atomic mass is 10.2. The second-order valence-electron chi connectivity index (χ2n) is 5.35. The minimum absolute atomic E-state index is 0.571. The first-order chi connectivity index (χ1) is 9.11. The summed E-state index contributed by atoms with van der Waals surface area (Å²) in [4.78, 5) is 2.47. The van der Waals surface area contributed by atoms with E-state index in [1.54, 1.807) is 7.11 Å². The number of benzene rings is 1. The van der Waals surface area contributed by atoms with Crippen molar-refractivity contribution in [2.45, 2.75) is 38.4 Å². The van der Waals surface area contributed by atoms with Gasteiger partial charge in [-0.25, -0.2) is 0 Å². The van der Waals surface area contributed by atoms with E-state index in [4.69, 9.17) is 16.3 Å². The normalized spacial score (nSPS) is 16.7. The minimum atomic E-state index is 0.571. The Hall–Kier alpha value is -0.770. The van der Waals surface area contributed by atoms with Gasteiger partial charge in [0.05, 0.1) is 12.1 Å². The van der Waals surface area contributed by atoms with Gasteiger partial charge < -0.3 is 10.1 Å². The van der Waals surface area contributed by atoms with E-state index in [9.17, 15) is 0 Å². The molecule has 0 amide bonds.